The fourth-order valence-electron chi connectivity index (χ4n) is 4.41. The van der Waals surface area contributed by atoms with Gasteiger partial charge in [-0.2, -0.15) is 5.26 Å². The van der Waals surface area contributed by atoms with Crippen molar-refractivity contribution in [3.8, 4) is 23.4 Å². The Hall–Kier alpha value is -3.28. The van der Waals surface area contributed by atoms with E-state index in [1.807, 2.05) is 10.8 Å². The highest BCUT2D eigenvalue weighted by Crippen LogP contribution is 2.42. The monoisotopic (exact) mass is 375 g/mol. The number of imidazole rings is 1. The highest BCUT2D eigenvalue weighted by molar-refractivity contribution is 5.64. The zero-order chi connectivity index (χ0) is 19.1. The van der Waals surface area contributed by atoms with Crippen LogP contribution < -0.4 is 4.90 Å². The van der Waals surface area contributed by atoms with Gasteiger partial charge in [-0.15, -0.1) is 10.2 Å². The number of nitriles is 1. The number of nitrogens with zero attached hydrogens (tertiary/aromatic N) is 8. The van der Waals surface area contributed by atoms with Crippen molar-refractivity contribution in [3.05, 3.63) is 30.2 Å². The molecule has 9 heteroatoms. The topological polar surface area (TPSA) is 112 Å². The van der Waals surface area contributed by atoms with E-state index in [0.717, 1.165) is 42.3 Å². The van der Waals surface area contributed by atoms with Crippen LogP contribution in [-0.2, 0) is 6.42 Å². The Balaban J connectivity index is 1.64. The molecule has 1 aliphatic heterocycles. The number of aromatic nitrogens is 7. The summed E-state index contributed by atoms with van der Waals surface area (Å²) in [7, 11) is 0. The lowest BCUT2D eigenvalue weighted by atomic mass is 10.0. The third-order valence-corrected chi connectivity index (χ3v) is 5.68. The summed E-state index contributed by atoms with van der Waals surface area (Å²) in [6.07, 6.45) is 11.3. The summed E-state index contributed by atoms with van der Waals surface area (Å²) in [4.78, 5) is 19.4. The van der Waals surface area contributed by atoms with Gasteiger partial charge >= 0.3 is 0 Å². The number of anilines is 1. The number of hydrogen-bond acceptors (Lipinski definition) is 7. The maximum atomic E-state index is 8.89. The minimum absolute atomic E-state index is 0.145. The summed E-state index contributed by atoms with van der Waals surface area (Å²) in [6.45, 7) is 2.18. The molecule has 1 fully saturated rings. The molecule has 1 saturated carbocycles. The second kappa shape index (κ2) is 6.71. The molecule has 0 radical (unpaired) electrons. The minimum Gasteiger partial charge on any atom is -0.341 e. The van der Waals surface area contributed by atoms with Gasteiger partial charge in [0.2, 0.25) is 0 Å². The van der Waals surface area contributed by atoms with Crippen molar-refractivity contribution >= 4 is 5.82 Å². The van der Waals surface area contributed by atoms with Crippen LogP contribution in [0.25, 0.3) is 17.3 Å². The van der Waals surface area contributed by atoms with Crippen molar-refractivity contribution in [2.45, 2.75) is 57.5 Å². The van der Waals surface area contributed by atoms with E-state index in [1.165, 1.54) is 12.8 Å². The van der Waals surface area contributed by atoms with Gasteiger partial charge in [-0.25, -0.2) is 15.0 Å². The second-order valence-electron chi connectivity index (χ2n) is 7.32. The van der Waals surface area contributed by atoms with E-state index in [4.69, 9.17) is 10.2 Å². The Morgan fingerprint density at radius 2 is 2.11 bits per heavy atom. The molecule has 5 rings (SSSR count). The quantitative estimate of drug-likeness (QED) is 0.746. The van der Waals surface area contributed by atoms with E-state index in [1.54, 1.807) is 12.5 Å². The van der Waals surface area contributed by atoms with E-state index >= 15 is 0 Å². The molecule has 0 amide bonds. The van der Waals surface area contributed by atoms with Gasteiger partial charge < -0.3 is 9.88 Å². The van der Waals surface area contributed by atoms with Gasteiger partial charge in [-0.3, -0.25) is 4.57 Å². The molecule has 0 saturated heterocycles. The predicted molar refractivity (Wildman–Crippen MR) is 102 cm³/mol. The van der Waals surface area contributed by atoms with Crippen LogP contribution in [0.15, 0.2) is 18.7 Å². The first kappa shape index (κ1) is 16.9. The number of hydrogen-bond donors (Lipinski definition) is 1. The van der Waals surface area contributed by atoms with Gasteiger partial charge in [-0.1, -0.05) is 19.8 Å². The Kier molecular flexibility index (Phi) is 4.04. The summed E-state index contributed by atoms with van der Waals surface area (Å²) < 4.78 is 2.00. The highest BCUT2D eigenvalue weighted by atomic mass is 15.4. The molecular weight excluding hydrogens is 354 g/mol. The second-order valence-corrected chi connectivity index (χ2v) is 7.32. The van der Waals surface area contributed by atoms with Crippen LogP contribution in [0.4, 0.5) is 5.82 Å². The molecule has 28 heavy (non-hydrogen) atoms. The van der Waals surface area contributed by atoms with Crippen molar-refractivity contribution in [2.75, 3.05) is 4.90 Å². The van der Waals surface area contributed by atoms with Gasteiger partial charge in [0.1, 0.15) is 12.0 Å². The lowest BCUT2D eigenvalue weighted by molar-refractivity contribution is 0.469. The van der Waals surface area contributed by atoms with Crippen molar-refractivity contribution in [1.29, 1.82) is 5.26 Å². The molecule has 0 aromatic carbocycles. The average molecular weight is 375 g/mol. The molecule has 0 bridgehead atoms. The smallest absolute Gasteiger partial charge is 0.197 e. The Morgan fingerprint density at radius 3 is 2.89 bits per heavy atom. The third kappa shape index (κ3) is 2.56. The Morgan fingerprint density at radius 1 is 1.25 bits per heavy atom. The molecule has 0 unspecified atom stereocenters. The average Bonchev–Trinajstić information content (AvgIpc) is 3.47. The van der Waals surface area contributed by atoms with Crippen molar-refractivity contribution in [1.82, 2.24) is 34.7 Å². The fourth-order valence-corrected chi connectivity index (χ4v) is 4.41. The molecule has 0 spiro atoms. The highest BCUT2D eigenvalue weighted by Gasteiger charge is 2.38. The van der Waals surface area contributed by atoms with Crippen LogP contribution in [0.5, 0.6) is 0 Å². The first-order valence-electron chi connectivity index (χ1n) is 9.77. The van der Waals surface area contributed by atoms with Crippen molar-refractivity contribution in [3.63, 3.8) is 0 Å². The first-order valence-corrected chi connectivity index (χ1v) is 9.77. The van der Waals surface area contributed by atoms with Crippen LogP contribution in [0.1, 0.15) is 56.6 Å². The van der Waals surface area contributed by atoms with Crippen LogP contribution in [0.3, 0.4) is 0 Å². The SMILES string of the molecule is CC[C@@H]1c2nncn2-c2cnc(-c3ncc(CC#N)[nH]3)nc2N1C1CCCC1. The van der Waals surface area contributed by atoms with E-state index < -0.39 is 0 Å². The maximum Gasteiger partial charge on any atom is 0.197 e. The lowest BCUT2D eigenvalue weighted by Gasteiger charge is -2.40. The normalized spacial score (nSPS) is 18.7. The number of fused-ring (bicyclic) bond motifs is 3. The van der Waals surface area contributed by atoms with E-state index in [-0.39, 0.29) is 12.5 Å². The summed E-state index contributed by atoms with van der Waals surface area (Å²) in [5.41, 5.74) is 1.67. The number of H-pyrrole nitrogens is 1. The molecule has 3 aromatic heterocycles. The summed E-state index contributed by atoms with van der Waals surface area (Å²) >= 11 is 0. The van der Waals surface area contributed by atoms with E-state index in [2.05, 4.69) is 43.0 Å². The van der Waals surface area contributed by atoms with Crippen LogP contribution >= 0.6 is 0 Å². The summed E-state index contributed by atoms with van der Waals surface area (Å²) in [5.74, 6) is 2.99. The standard InChI is InChI=1S/C19H21N9/c1-2-14-19-26-23-11-27(19)15-10-22-17(16-21-9-12(24-16)7-8-20)25-18(15)28(14)13-5-3-4-6-13/h9-11,13-14H,2-7H2,1H3,(H,21,24)/t14-/m1/s1. The predicted octanol–water partition coefficient (Wildman–Crippen LogP) is 2.73. The molecule has 1 aliphatic carbocycles. The van der Waals surface area contributed by atoms with Gasteiger partial charge in [0, 0.05) is 17.9 Å². The van der Waals surface area contributed by atoms with E-state index in [0.29, 0.717) is 17.7 Å². The van der Waals surface area contributed by atoms with Crippen LogP contribution in [0.2, 0.25) is 0 Å². The first-order chi connectivity index (χ1) is 13.8. The maximum absolute atomic E-state index is 8.89. The molecule has 4 heterocycles. The fraction of sp³-hybridized carbons (Fsp3) is 0.474. The summed E-state index contributed by atoms with van der Waals surface area (Å²) in [5, 5.41) is 17.4. The van der Waals surface area contributed by atoms with Crippen molar-refractivity contribution in [2.24, 2.45) is 0 Å². The molecule has 3 aromatic rings. The molecule has 9 nitrogen and oxygen atoms in total. The Labute approximate surface area is 162 Å². The molecular formula is C19H21N9. The number of aromatic amines is 1. The summed E-state index contributed by atoms with van der Waals surface area (Å²) in [6, 6.07) is 2.72. The molecule has 2 aliphatic rings. The van der Waals surface area contributed by atoms with Crippen LogP contribution in [-0.4, -0.2) is 40.7 Å². The van der Waals surface area contributed by atoms with E-state index in [9.17, 15) is 0 Å². The van der Waals surface area contributed by atoms with Crippen LogP contribution in [0, 0.1) is 11.3 Å². The third-order valence-electron chi connectivity index (χ3n) is 5.68. The van der Waals surface area contributed by atoms with Gasteiger partial charge in [0.15, 0.2) is 23.3 Å². The molecule has 1 atom stereocenters. The minimum atomic E-state index is 0.145. The zero-order valence-corrected chi connectivity index (χ0v) is 15.7. The van der Waals surface area contributed by atoms with Crippen molar-refractivity contribution < 1.29 is 0 Å². The largest absolute Gasteiger partial charge is 0.341 e. The number of nitrogens with one attached hydrogen (secondary N) is 1. The van der Waals surface area contributed by atoms with Gasteiger partial charge in [0.05, 0.1) is 24.7 Å². The molecule has 142 valence electrons. The zero-order valence-electron chi connectivity index (χ0n) is 15.7. The molecule has 1 N–H and O–H groups in total. The Bertz CT molecular complexity index is 1040. The van der Waals surface area contributed by atoms with Gasteiger partial charge in [0.25, 0.3) is 0 Å². The number of rotatable bonds is 4. The van der Waals surface area contributed by atoms with Gasteiger partial charge in [-0.05, 0) is 19.3 Å². The lowest BCUT2D eigenvalue weighted by Crippen LogP contribution is -2.42.